The van der Waals surface area contributed by atoms with Gasteiger partial charge in [-0.3, -0.25) is 5.32 Å². The number of anilines is 1. The smallest absolute Gasteiger partial charge is 0.320 e. The molecule has 2 heterocycles. The number of aryl methyl sites for hydroxylation is 2. The number of thiazole rings is 1. The van der Waals surface area contributed by atoms with Crippen LogP contribution in [0.1, 0.15) is 34.5 Å². The van der Waals surface area contributed by atoms with Gasteiger partial charge in [0, 0.05) is 16.4 Å². The lowest BCUT2D eigenvalue weighted by molar-refractivity contribution is 0.247. The van der Waals surface area contributed by atoms with Crippen molar-refractivity contribution in [1.82, 2.24) is 19.9 Å². The lowest BCUT2D eigenvalue weighted by atomic mass is 9.98. The van der Waals surface area contributed by atoms with Gasteiger partial charge in [-0.2, -0.15) is 0 Å². The Labute approximate surface area is 118 Å². The SMILES string of the molecule is Cc1nc2c(s1)CCCC2NC(=O)Nc1cnns1. The monoisotopic (exact) mass is 295 g/mol. The fourth-order valence-corrected chi connectivity index (χ4v) is 3.66. The van der Waals surface area contributed by atoms with Crippen LogP contribution in [0, 0.1) is 6.92 Å². The summed E-state index contributed by atoms with van der Waals surface area (Å²) in [5, 5.41) is 11.1. The highest BCUT2D eigenvalue weighted by molar-refractivity contribution is 7.11. The number of rotatable bonds is 2. The number of amides is 2. The number of carbonyl (C=O) groups is 1. The highest BCUT2D eigenvalue weighted by Crippen LogP contribution is 2.32. The minimum Gasteiger partial charge on any atom is -0.329 e. The predicted octanol–water partition coefficient (Wildman–Crippen LogP) is 2.50. The Morgan fingerprint density at radius 3 is 3.21 bits per heavy atom. The van der Waals surface area contributed by atoms with E-state index >= 15 is 0 Å². The van der Waals surface area contributed by atoms with Gasteiger partial charge in [0.25, 0.3) is 0 Å². The molecule has 100 valence electrons. The van der Waals surface area contributed by atoms with Crippen molar-refractivity contribution in [1.29, 1.82) is 0 Å². The molecule has 0 saturated heterocycles. The van der Waals surface area contributed by atoms with Crippen LogP contribution in [0.25, 0.3) is 0 Å². The van der Waals surface area contributed by atoms with E-state index in [2.05, 4.69) is 25.2 Å². The lowest BCUT2D eigenvalue weighted by Gasteiger charge is -2.22. The molecule has 2 amide bonds. The molecule has 0 fully saturated rings. The van der Waals surface area contributed by atoms with Gasteiger partial charge in [0.05, 0.1) is 22.9 Å². The Morgan fingerprint density at radius 1 is 1.53 bits per heavy atom. The average Bonchev–Trinajstić information content (AvgIpc) is 2.97. The fraction of sp³-hybridized carbons (Fsp3) is 0.455. The molecule has 1 atom stereocenters. The minimum atomic E-state index is -0.227. The van der Waals surface area contributed by atoms with E-state index in [1.165, 1.54) is 11.1 Å². The van der Waals surface area contributed by atoms with Gasteiger partial charge in [0.2, 0.25) is 0 Å². The van der Waals surface area contributed by atoms with Gasteiger partial charge >= 0.3 is 6.03 Å². The molecule has 0 bridgehead atoms. The van der Waals surface area contributed by atoms with Crippen LogP contribution in [0.15, 0.2) is 6.20 Å². The van der Waals surface area contributed by atoms with Gasteiger partial charge in [0.1, 0.15) is 5.00 Å². The van der Waals surface area contributed by atoms with Crippen molar-refractivity contribution in [2.24, 2.45) is 0 Å². The summed E-state index contributed by atoms with van der Waals surface area (Å²) in [4.78, 5) is 17.7. The molecule has 8 heteroatoms. The summed E-state index contributed by atoms with van der Waals surface area (Å²) >= 11 is 2.88. The van der Waals surface area contributed by atoms with Crippen LogP contribution in [-0.4, -0.2) is 20.6 Å². The van der Waals surface area contributed by atoms with Gasteiger partial charge in [0.15, 0.2) is 0 Å². The second-order valence-corrected chi connectivity index (χ2v) is 6.44. The number of aromatic nitrogens is 3. The largest absolute Gasteiger partial charge is 0.329 e. The fourth-order valence-electron chi connectivity index (χ4n) is 2.21. The molecule has 0 saturated carbocycles. The van der Waals surface area contributed by atoms with Crippen molar-refractivity contribution >= 4 is 33.9 Å². The third-order valence-electron chi connectivity index (χ3n) is 2.96. The number of urea groups is 1. The van der Waals surface area contributed by atoms with E-state index in [1.807, 2.05) is 6.92 Å². The molecule has 2 aromatic rings. The summed E-state index contributed by atoms with van der Waals surface area (Å²) in [6.07, 6.45) is 4.62. The Balaban J connectivity index is 1.69. The molecule has 1 unspecified atom stereocenters. The number of carbonyl (C=O) groups excluding carboxylic acids is 1. The topological polar surface area (TPSA) is 79.8 Å². The average molecular weight is 295 g/mol. The summed E-state index contributed by atoms with van der Waals surface area (Å²) in [5.74, 6) is 0. The first-order valence-corrected chi connectivity index (χ1v) is 7.62. The molecule has 0 aliphatic heterocycles. The Morgan fingerprint density at radius 2 is 2.42 bits per heavy atom. The van der Waals surface area contributed by atoms with E-state index in [9.17, 15) is 4.79 Å². The summed E-state index contributed by atoms with van der Waals surface area (Å²) in [6, 6.07) is -0.218. The molecule has 19 heavy (non-hydrogen) atoms. The molecule has 0 radical (unpaired) electrons. The zero-order valence-electron chi connectivity index (χ0n) is 10.3. The maximum Gasteiger partial charge on any atom is 0.320 e. The summed E-state index contributed by atoms with van der Waals surface area (Å²) in [6.45, 7) is 2.00. The van der Waals surface area contributed by atoms with Gasteiger partial charge in [-0.05, 0) is 26.2 Å². The van der Waals surface area contributed by atoms with Crippen molar-refractivity contribution in [2.75, 3.05) is 5.32 Å². The minimum absolute atomic E-state index is 0.00887. The Hall–Kier alpha value is -1.54. The van der Waals surface area contributed by atoms with Crippen LogP contribution < -0.4 is 10.6 Å². The molecular formula is C11H13N5OS2. The first-order valence-electron chi connectivity index (χ1n) is 6.03. The van der Waals surface area contributed by atoms with E-state index in [1.54, 1.807) is 11.3 Å². The molecule has 6 nitrogen and oxygen atoms in total. The first kappa shape index (κ1) is 12.5. The zero-order chi connectivity index (χ0) is 13.2. The predicted molar refractivity (Wildman–Crippen MR) is 74.6 cm³/mol. The van der Waals surface area contributed by atoms with Crippen LogP contribution >= 0.6 is 22.9 Å². The number of hydrogen-bond donors (Lipinski definition) is 2. The maximum atomic E-state index is 11.9. The number of hydrogen-bond acceptors (Lipinski definition) is 6. The standard InChI is InChI=1S/C11H13N5OS2/c1-6-13-10-7(3-2-4-8(10)18-6)14-11(17)15-9-5-12-16-19-9/h5,7H,2-4H2,1H3,(H2,14,15,17). The van der Waals surface area contributed by atoms with E-state index in [0.717, 1.165) is 41.5 Å². The molecule has 1 aliphatic rings. The highest BCUT2D eigenvalue weighted by Gasteiger charge is 2.25. The quantitative estimate of drug-likeness (QED) is 0.892. The van der Waals surface area contributed by atoms with Crippen LogP contribution in [0.3, 0.4) is 0 Å². The number of nitrogens with one attached hydrogen (secondary N) is 2. The van der Waals surface area contributed by atoms with Crippen molar-refractivity contribution in [3.8, 4) is 0 Å². The first-order chi connectivity index (χ1) is 9.22. The van der Waals surface area contributed by atoms with Gasteiger partial charge in [-0.1, -0.05) is 4.49 Å². The van der Waals surface area contributed by atoms with Crippen LogP contribution in [0.5, 0.6) is 0 Å². The molecule has 3 rings (SSSR count). The van der Waals surface area contributed by atoms with Gasteiger partial charge in [-0.25, -0.2) is 9.78 Å². The summed E-state index contributed by atoms with van der Waals surface area (Å²) < 4.78 is 3.70. The molecule has 0 spiro atoms. The van der Waals surface area contributed by atoms with Crippen molar-refractivity contribution < 1.29 is 4.79 Å². The summed E-state index contributed by atoms with van der Waals surface area (Å²) in [5.41, 5.74) is 1.03. The number of nitrogens with zero attached hydrogens (tertiary/aromatic N) is 3. The molecule has 1 aliphatic carbocycles. The van der Waals surface area contributed by atoms with E-state index < -0.39 is 0 Å². The molecule has 2 N–H and O–H groups in total. The lowest BCUT2D eigenvalue weighted by Crippen LogP contribution is -2.34. The third-order valence-corrected chi connectivity index (χ3v) is 4.59. The van der Waals surface area contributed by atoms with Crippen molar-refractivity contribution in [3.63, 3.8) is 0 Å². The second-order valence-electron chi connectivity index (χ2n) is 4.37. The Bertz CT molecular complexity index is 580. The van der Waals surface area contributed by atoms with Crippen LogP contribution in [0.4, 0.5) is 9.80 Å². The Kier molecular flexibility index (Phi) is 3.43. The van der Waals surface area contributed by atoms with Crippen molar-refractivity contribution in [2.45, 2.75) is 32.2 Å². The van der Waals surface area contributed by atoms with E-state index in [0.29, 0.717) is 5.00 Å². The normalized spacial score (nSPS) is 17.8. The molecule has 0 aromatic carbocycles. The van der Waals surface area contributed by atoms with Crippen molar-refractivity contribution in [3.05, 3.63) is 21.8 Å². The van der Waals surface area contributed by atoms with E-state index in [-0.39, 0.29) is 12.1 Å². The summed E-state index contributed by atoms with van der Waals surface area (Å²) in [7, 11) is 0. The van der Waals surface area contributed by atoms with Crippen LogP contribution in [-0.2, 0) is 6.42 Å². The molecular weight excluding hydrogens is 282 g/mol. The van der Waals surface area contributed by atoms with Crippen LogP contribution in [0.2, 0.25) is 0 Å². The maximum absolute atomic E-state index is 11.9. The van der Waals surface area contributed by atoms with E-state index in [4.69, 9.17) is 0 Å². The second kappa shape index (κ2) is 5.22. The van der Waals surface area contributed by atoms with Gasteiger partial charge in [-0.15, -0.1) is 16.4 Å². The zero-order valence-corrected chi connectivity index (χ0v) is 12.0. The highest BCUT2D eigenvalue weighted by atomic mass is 32.1. The number of fused-ring (bicyclic) bond motifs is 1. The third kappa shape index (κ3) is 2.74. The molecule has 2 aromatic heterocycles. The van der Waals surface area contributed by atoms with Gasteiger partial charge < -0.3 is 5.32 Å².